The molecule has 6 heteroatoms. The van der Waals surface area contributed by atoms with Crippen molar-refractivity contribution in [1.82, 2.24) is 9.55 Å². The molecule has 1 heterocycles. The first-order chi connectivity index (χ1) is 10.2. The zero-order chi connectivity index (χ0) is 15.2. The van der Waals surface area contributed by atoms with Crippen molar-refractivity contribution in [1.29, 1.82) is 0 Å². The highest BCUT2D eigenvalue weighted by atomic mass is 16.5. The minimum Gasteiger partial charge on any atom is -0.493 e. The molecule has 0 spiro atoms. The number of anilines is 1. The molecule has 0 amide bonds. The molecular weight excluding hydrogens is 270 g/mol. The maximum atomic E-state index is 6.01. The molecule has 6 nitrogen and oxygen atoms in total. The topological polar surface area (TPSA) is 71.5 Å². The van der Waals surface area contributed by atoms with Gasteiger partial charge in [-0.15, -0.1) is 0 Å². The minimum absolute atomic E-state index is 0.496. The third kappa shape index (κ3) is 3.39. The van der Waals surface area contributed by atoms with Crippen LogP contribution in [-0.4, -0.2) is 37.0 Å². The molecule has 2 N–H and O–H groups in total. The maximum absolute atomic E-state index is 6.01. The van der Waals surface area contributed by atoms with Crippen LogP contribution in [0.4, 0.5) is 5.95 Å². The number of rotatable bonds is 8. The predicted molar refractivity (Wildman–Crippen MR) is 83.0 cm³/mol. The number of nitrogens with zero attached hydrogens (tertiary/aromatic N) is 2. The predicted octanol–water partition coefficient (Wildman–Crippen LogP) is 2.45. The van der Waals surface area contributed by atoms with Crippen molar-refractivity contribution in [2.24, 2.45) is 0 Å². The van der Waals surface area contributed by atoms with E-state index in [0.717, 1.165) is 43.6 Å². The van der Waals surface area contributed by atoms with Crippen LogP contribution in [0.25, 0.3) is 11.0 Å². The Kier molecular flexibility index (Phi) is 5.27. The van der Waals surface area contributed by atoms with Crippen molar-refractivity contribution in [3.63, 3.8) is 0 Å². The van der Waals surface area contributed by atoms with Gasteiger partial charge in [-0.25, -0.2) is 4.98 Å². The second-order valence-electron chi connectivity index (χ2n) is 4.78. The van der Waals surface area contributed by atoms with E-state index in [9.17, 15) is 0 Å². The van der Waals surface area contributed by atoms with Gasteiger partial charge in [-0.2, -0.15) is 0 Å². The number of nitrogens with two attached hydrogens (primary N) is 1. The van der Waals surface area contributed by atoms with Gasteiger partial charge in [0.1, 0.15) is 0 Å². The molecule has 2 aromatic rings. The molecule has 21 heavy (non-hydrogen) atoms. The Balaban J connectivity index is 2.20. The lowest BCUT2D eigenvalue weighted by Gasteiger charge is -2.10. The SMILES string of the molecule is CCCOCCCn1c(N)nc2cc(OC)c(OC)cc21. The number of methoxy groups -OCH3 is 2. The fourth-order valence-electron chi connectivity index (χ4n) is 2.28. The van der Waals surface area contributed by atoms with Crippen LogP contribution in [0.3, 0.4) is 0 Å². The number of hydrogen-bond acceptors (Lipinski definition) is 5. The molecule has 0 aliphatic rings. The van der Waals surface area contributed by atoms with Gasteiger partial charge in [0.15, 0.2) is 11.5 Å². The van der Waals surface area contributed by atoms with Crippen LogP contribution in [0.2, 0.25) is 0 Å². The molecular formula is C15H23N3O3. The lowest BCUT2D eigenvalue weighted by Crippen LogP contribution is -2.06. The monoisotopic (exact) mass is 293 g/mol. The Hall–Kier alpha value is -1.95. The van der Waals surface area contributed by atoms with E-state index in [1.807, 2.05) is 16.7 Å². The van der Waals surface area contributed by atoms with Crippen molar-refractivity contribution in [3.8, 4) is 11.5 Å². The Labute approximate surface area is 124 Å². The smallest absolute Gasteiger partial charge is 0.201 e. The largest absolute Gasteiger partial charge is 0.493 e. The van der Waals surface area contributed by atoms with E-state index in [1.54, 1.807) is 14.2 Å². The normalized spacial score (nSPS) is 11.0. The fourth-order valence-corrected chi connectivity index (χ4v) is 2.28. The highest BCUT2D eigenvalue weighted by Gasteiger charge is 2.13. The average Bonchev–Trinajstić information content (AvgIpc) is 2.80. The van der Waals surface area contributed by atoms with Crippen LogP contribution in [0.15, 0.2) is 12.1 Å². The number of imidazole rings is 1. The second-order valence-corrected chi connectivity index (χ2v) is 4.78. The van der Waals surface area contributed by atoms with E-state index in [4.69, 9.17) is 19.9 Å². The first-order valence-corrected chi connectivity index (χ1v) is 7.16. The summed E-state index contributed by atoms with van der Waals surface area (Å²) >= 11 is 0. The number of fused-ring (bicyclic) bond motifs is 1. The number of aromatic nitrogens is 2. The molecule has 0 unspecified atom stereocenters. The molecule has 0 atom stereocenters. The van der Waals surface area contributed by atoms with Gasteiger partial charge < -0.3 is 24.5 Å². The van der Waals surface area contributed by atoms with Crippen LogP contribution >= 0.6 is 0 Å². The third-order valence-corrected chi connectivity index (χ3v) is 3.30. The van der Waals surface area contributed by atoms with E-state index in [-0.39, 0.29) is 0 Å². The summed E-state index contributed by atoms with van der Waals surface area (Å²) in [5, 5.41) is 0. The van der Waals surface area contributed by atoms with Crippen molar-refractivity contribution >= 4 is 17.0 Å². The summed E-state index contributed by atoms with van der Waals surface area (Å²) in [5.41, 5.74) is 7.76. The van der Waals surface area contributed by atoms with Gasteiger partial charge in [0, 0.05) is 31.9 Å². The molecule has 0 fully saturated rings. The summed E-state index contributed by atoms with van der Waals surface area (Å²) in [7, 11) is 3.22. The van der Waals surface area contributed by atoms with Gasteiger partial charge >= 0.3 is 0 Å². The van der Waals surface area contributed by atoms with Gasteiger partial charge in [-0.05, 0) is 12.8 Å². The van der Waals surface area contributed by atoms with E-state index < -0.39 is 0 Å². The molecule has 116 valence electrons. The highest BCUT2D eigenvalue weighted by Crippen LogP contribution is 2.32. The minimum atomic E-state index is 0.496. The fraction of sp³-hybridized carbons (Fsp3) is 0.533. The van der Waals surface area contributed by atoms with Crippen LogP contribution in [0.1, 0.15) is 19.8 Å². The highest BCUT2D eigenvalue weighted by molar-refractivity contribution is 5.82. The zero-order valence-corrected chi connectivity index (χ0v) is 12.9. The molecule has 1 aromatic carbocycles. The molecule has 1 aromatic heterocycles. The first-order valence-electron chi connectivity index (χ1n) is 7.16. The van der Waals surface area contributed by atoms with E-state index in [0.29, 0.717) is 17.4 Å². The molecule has 0 radical (unpaired) electrons. The maximum Gasteiger partial charge on any atom is 0.201 e. The van der Waals surface area contributed by atoms with Crippen LogP contribution in [0.5, 0.6) is 11.5 Å². The van der Waals surface area contributed by atoms with Crippen molar-refractivity contribution in [3.05, 3.63) is 12.1 Å². The summed E-state index contributed by atoms with van der Waals surface area (Å²) in [6.45, 7) is 4.38. The Morgan fingerprint density at radius 1 is 1.14 bits per heavy atom. The van der Waals surface area contributed by atoms with Crippen LogP contribution in [0, 0.1) is 0 Å². The average molecular weight is 293 g/mol. The summed E-state index contributed by atoms with van der Waals surface area (Å²) < 4.78 is 18.1. The number of benzene rings is 1. The quantitative estimate of drug-likeness (QED) is 0.757. The summed E-state index contributed by atoms with van der Waals surface area (Å²) in [6.07, 6.45) is 1.93. The second kappa shape index (κ2) is 7.17. The Morgan fingerprint density at radius 3 is 2.52 bits per heavy atom. The van der Waals surface area contributed by atoms with Crippen molar-refractivity contribution < 1.29 is 14.2 Å². The molecule has 0 saturated carbocycles. The van der Waals surface area contributed by atoms with Crippen molar-refractivity contribution in [2.75, 3.05) is 33.2 Å². The lowest BCUT2D eigenvalue weighted by atomic mass is 10.2. The van der Waals surface area contributed by atoms with Gasteiger partial charge in [0.05, 0.1) is 25.3 Å². The van der Waals surface area contributed by atoms with Crippen molar-refractivity contribution in [2.45, 2.75) is 26.3 Å². The molecule has 0 aliphatic heterocycles. The Bertz CT molecular complexity index is 595. The Morgan fingerprint density at radius 2 is 1.86 bits per heavy atom. The lowest BCUT2D eigenvalue weighted by molar-refractivity contribution is 0.129. The molecule has 0 aliphatic carbocycles. The van der Waals surface area contributed by atoms with Gasteiger partial charge in [-0.3, -0.25) is 0 Å². The summed E-state index contributed by atoms with van der Waals surface area (Å²) in [6, 6.07) is 3.75. The molecule has 2 rings (SSSR count). The molecule has 0 saturated heterocycles. The van der Waals surface area contributed by atoms with Gasteiger partial charge in [0.2, 0.25) is 5.95 Å². The number of aryl methyl sites for hydroxylation is 1. The standard InChI is InChI=1S/C15H23N3O3/c1-4-7-21-8-5-6-18-12-10-14(20-3)13(19-2)9-11(12)17-15(18)16/h9-10H,4-8H2,1-3H3,(H2,16,17). The third-order valence-electron chi connectivity index (χ3n) is 3.30. The van der Waals surface area contributed by atoms with Gasteiger partial charge in [-0.1, -0.05) is 6.92 Å². The van der Waals surface area contributed by atoms with Crippen LogP contribution < -0.4 is 15.2 Å². The number of nitrogen functional groups attached to an aromatic ring is 1. The van der Waals surface area contributed by atoms with E-state index >= 15 is 0 Å². The zero-order valence-electron chi connectivity index (χ0n) is 12.9. The molecule has 0 bridgehead atoms. The van der Waals surface area contributed by atoms with Gasteiger partial charge in [0.25, 0.3) is 0 Å². The van der Waals surface area contributed by atoms with E-state index in [1.165, 1.54) is 0 Å². The number of ether oxygens (including phenoxy) is 3. The summed E-state index contributed by atoms with van der Waals surface area (Å²) in [5.74, 6) is 1.82. The number of hydrogen-bond donors (Lipinski definition) is 1. The van der Waals surface area contributed by atoms with Crippen LogP contribution in [-0.2, 0) is 11.3 Å². The first kappa shape index (κ1) is 15.4. The van der Waals surface area contributed by atoms with E-state index in [2.05, 4.69) is 11.9 Å². The summed E-state index contributed by atoms with van der Waals surface area (Å²) in [4.78, 5) is 4.38.